The van der Waals surface area contributed by atoms with E-state index in [0.29, 0.717) is 6.61 Å². The molecule has 0 saturated heterocycles. The summed E-state index contributed by atoms with van der Waals surface area (Å²) >= 11 is 3.45. The Bertz CT molecular complexity index is 450. The molecule has 4 nitrogen and oxygen atoms in total. The standard InChI is InChI=1S/C13H16BrNO3/c1-8(13(16)17-2)15-11-5-6-18-12-4-3-9(14)7-10(11)12/h3-4,7-8,11,15H,5-6H2,1-2H3/t8-,11?/m0/s1. The molecule has 1 aliphatic rings. The van der Waals surface area contributed by atoms with Crippen LogP contribution >= 0.6 is 15.9 Å². The number of carbonyl (C=O) groups is 1. The topological polar surface area (TPSA) is 47.6 Å². The average Bonchev–Trinajstić information content (AvgIpc) is 2.38. The highest BCUT2D eigenvalue weighted by molar-refractivity contribution is 9.10. The third-order valence-corrected chi connectivity index (χ3v) is 3.51. The van der Waals surface area contributed by atoms with E-state index >= 15 is 0 Å². The molecule has 0 fully saturated rings. The van der Waals surface area contributed by atoms with Crippen LogP contribution in [0.5, 0.6) is 5.75 Å². The second kappa shape index (κ2) is 5.71. The Balaban J connectivity index is 2.17. The molecule has 0 amide bonds. The lowest BCUT2D eigenvalue weighted by Gasteiger charge is -2.28. The van der Waals surface area contributed by atoms with Crippen LogP contribution in [-0.4, -0.2) is 25.7 Å². The zero-order valence-corrected chi connectivity index (χ0v) is 12.0. The van der Waals surface area contributed by atoms with E-state index in [0.717, 1.165) is 22.2 Å². The van der Waals surface area contributed by atoms with Gasteiger partial charge in [0.1, 0.15) is 11.8 Å². The van der Waals surface area contributed by atoms with E-state index in [1.54, 1.807) is 6.92 Å². The second-order valence-electron chi connectivity index (χ2n) is 4.28. The molecule has 0 aromatic heterocycles. The predicted octanol–water partition coefficient (Wildman–Crippen LogP) is 2.42. The van der Waals surface area contributed by atoms with Crippen molar-refractivity contribution in [2.24, 2.45) is 0 Å². The van der Waals surface area contributed by atoms with Crippen molar-refractivity contribution in [3.05, 3.63) is 28.2 Å². The van der Waals surface area contributed by atoms with Gasteiger partial charge >= 0.3 is 5.97 Å². The van der Waals surface area contributed by atoms with E-state index in [1.807, 2.05) is 18.2 Å². The van der Waals surface area contributed by atoms with Crippen LogP contribution in [-0.2, 0) is 9.53 Å². The maximum atomic E-state index is 11.4. The molecule has 0 bridgehead atoms. The predicted molar refractivity (Wildman–Crippen MR) is 71.6 cm³/mol. The Labute approximate surface area is 115 Å². The summed E-state index contributed by atoms with van der Waals surface area (Å²) in [5, 5.41) is 3.28. The summed E-state index contributed by atoms with van der Waals surface area (Å²) in [6.45, 7) is 2.46. The van der Waals surface area contributed by atoms with Crippen molar-refractivity contribution in [3.63, 3.8) is 0 Å². The molecule has 18 heavy (non-hydrogen) atoms. The third-order valence-electron chi connectivity index (χ3n) is 3.02. The smallest absolute Gasteiger partial charge is 0.322 e. The van der Waals surface area contributed by atoms with Crippen molar-refractivity contribution >= 4 is 21.9 Å². The molecular weight excluding hydrogens is 298 g/mol. The first-order valence-electron chi connectivity index (χ1n) is 5.88. The number of rotatable bonds is 3. The fraction of sp³-hybridized carbons (Fsp3) is 0.462. The van der Waals surface area contributed by atoms with Gasteiger partial charge in [-0.05, 0) is 25.1 Å². The van der Waals surface area contributed by atoms with E-state index in [2.05, 4.69) is 21.2 Å². The van der Waals surface area contributed by atoms with Crippen LogP contribution in [0.1, 0.15) is 24.9 Å². The van der Waals surface area contributed by atoms with Crippen LogP contribution in [0.25, 0.3) is 0 Å². The monoisotopic (exact) mass is 313 g/mol. The summed E-state index contributed by atoms with van der Waals surface area (Å²) < 4.78 is 11.3. The molecule has 1 aromatic carbocycles. The van der Waals surface area contributed by atoms with Crippen molar-refractivity contribution in [2.75, 3.05) is 13.7 Å². The summed E-state index contributed by atoms with van der Waals surface area (Å²) in [4.78, 5) is 11.4. The first kappa shape index (κ1) is 13.4. The van der Waals surface area contributed by atoms with Gasteiger partial charge in [0, 0.05) is 22.5 Å². The zero-order valence-electron chi connectivity index (χ0n) is 10.4. The molecule has 1 unspecified atom stereocenters. The number of fused-ring (bicyclic) bond motifs is 1. The summed E-state index contributed by atoms with van der Waals surface area (Å²) in [5.41, 5.74) is 1.08. The van der Waals surface area contributed by atoms with Crippen LogP contribution in [0, 0.1) is 0 Å². The van der Waals surface area contributed by atoms with Crippen LogP contribution in [0.15, 0.2) is 22.7 Å². The van der Waals surface area contributed by atoms with Crippen molar-refractivity contribution in [1.82, 2.24) is 5.32 Å². The molecule has 1 aliphatic heterocycles. The van der Waals surface area contributed by atoms with Gasteiger partial charge in [0.25, 0.3) is 0 Å². The van der Waals surface area contributed by atoms with Gasteiger partial charge in [-0.2, -0.15) is 0 Å². The molecule has 5 heteroatoms. The molecule has 0 spiro atoms. The summed E-state index contributed by atoms with van der Waals surface area (Å²) in [6.07, 6.45) is 0.838. The molecule has 1 aromatic rings. The Morgan fingerprint density at radius 2 is 2.39 bits per heavy atom. The second-order valence-corrected chi connectivity index (χ2v) is 5.20. The summed E-state index contributed by atoms with van der Waals surface area (Å²) in [5.74, 6) is 0.622. The quantitative estimate of drug-likeness (QED) is 0.871. The molecule has 1 heterocycles. The van der Waals surface area contributed by atoms with Gasteiger partial charge in [-0.25, -0.2) is 0 Å². The van der Waals surface area contributed by atoms with Crippen molar-refractivity contribution in [3.8, 4) is 5.75 Å². The van der Waals surface area contributed by atoms with Crippen LogP contribution in [0.4, 0.5) is 0 Å². The molecule has 2 atom stereocenters. The molecule has 0 saturated carbocycles. The van der Waals surface area contributed by atoms with Crippen LogP contribution < -0.4 is 10.1 Å². The number of carbonyl (C=O) groups excluding carboxylic acids is 1. The number of benzene rings is 1. The van der Waals surface area contributed by atoms with E-state index in [4.69, 9.17) is 9.47 Å². The van der Waals surface area contributed by atoms with Crippen LogP contribution in [0.2, 0.25) is 0 Å². The van der Waals surface area contributed by atoms with Crippen molar-refractivity contribution in [2.45, 2.75) is 25.4 Å². The number of esters is 1. The lowest BCUT2D eigenvalue weighted by atomic mass is 10.00. The van der Waals surface area contributed by atoms with Gasteiger partial charge in [-0.3, -0.25) is 10.1 Å². The van der Waals surface area contributed by atoms with Gasteiger partial charge in [0.2, 0.25) is 0 Å². The van der Waals surface area contributed by atoms with Crippen molar-refractivity contribution < 1.29 is 14.3 Å². The SMILES string of the molecule is COC(=O)[C@H](C)NC1CCOc2ccc(Br)cc21. The lowest BCUT2D eigenvalue weighted by molar-refractivity contribution is -0.142. The molecule has 0 aliphatic carbocycles. The Hall–Kier alpha value is -1.07. The minimum atomic E-state index is -0.329. The molecular formula is C13H16BrNO3. The maximum absolute atomic E-state index is 11.4. The van der Waals surface area contributed by atoms with E-state index in [9.17, 15) is 4.79 Å². The third kappa shape index (κ3) is 2.84. The minimum absolute atomic E-state index is 0.111. The highest BCUT2D eigenvalue weighted by Crippen LogP contribution is 2.34. The number of hydrogen-bond acceptors (Lipinski definition) is 4. The fourth-order valence-electron chi connectivity index (χ4n) is 2.09. The minimum Gasteiger partial charge on any atom is -0.493 e. The summed E-state index contributed by atoms with van der Waals surface area (Å²) in [6, 6.07) is 5.70. The summed E-state index contributed by atoms with van der Waals surface area (Å²) in [7, 11) is 1.40. The molecule has 98 valence electrons. The maximum Gasteiger partial charge on any atom is 0.322 e. The van der Waals surface area contributed by atoms with Crippen LogP contribution in [0.3, 0.4) is 0 Å². The van der Waals surface area contributed by atoms with Crippen molar-refractivity contribution in [1.29, 1.82) is 0 Å². The van der Waals surface area contributed by atoms with E-state index in [1.165, 1.54) is 7.11 Å². The zero-order chi connectivity index (χ0) is 13.1. The highest BCUT2D eigenvalue weighted by atomic mass is 79.9. The van der Waals surface area contributed by atoms with E-state index < -0.39 is 0 Å². The Morgan fingerprint density at radius 3 is 3.11 bits per heavy atom. The van der Waals surface area contributed by atoms with Gasteiger partial charge in [-0.15, -0.1) is 0 Å². The largest absolute Gasteiger partial charge is 0.493 e. The Kier molecular flexibility index (Phi) is 4.24. The van der Waals surface area contributed by atoms with Gasteiger partial charge in [0.05, 0.1) is 13.7 Å². The first-order valence-corrected chi connectivity index (χ1v) is 6.67. The number of halogens is 1. The number of methoxy groups -OCH3 is 1. The van der Waals surface area contributed by atoms with Gasteiger partial charge in [-0.1, -0.05) is 15.9 Å². The highest BCUT2D eigenvalue weighted by Gasteiger charge is 2.25. The Morgan fingerprint density at radius 1 is 1.61 bits per heavy atom. The average molecular weight is 314 g/mol. The lowest BCUT2D eigenvalue weighted by Crippen LogP contribution is -2.39. The fourth-order valence-corrected chi connectivity index (χ4v) is 2.46. The normalized spacial score (nSPS) is 19.6. The molecule has 0 radical (unpaired) electrons. The number of ether oxygens (including phenoxy) is 2. The van der Waals surface area contributed by atoms with Gasteiger partial charge in [0.15, 0.2) is 0 Å². The molecule has 1 N–H and O–H groups in total. The number of nitrogens with one attached hydrogen (secondary N) is 1. The number of hydrogen-bond donors (Lipinski definition) is 1. The van der Waals surface area contributed by atoms with Gasteiger partial charge < -0.3 is 9.47 Å². The molecule has 2 rings (SSSR count). The van der Waals surface area contributed by atoms with E-state index in [-0.39, 0.29) is 18.1 Å². The first-order chi connectivity index (χ1) is 8.61.